The van der Waals surface area contributed by atoms with Gasteiger partial charge in [0.2, 0.25) is 11.8 Å². The molecule has 1 N–H and O–H groups in total. The van der Waals surface area contributed by atoms with Crippen molar-refractivity contribution in [2.24, 2.45) is 0 Å². The van der Waals surface area contributed by atoms with E-state index in [1.165, 1.54) is 11.0 Å². The van der Waals surface area contributed by atoms with Crippen molar-refractivity contribution in [1.29, 1.82) is 0 Å². The summed E-state index contributed by atoms with van der Waals surface area (Å²) in [4.78, 5) is 25.1. The first-order chi connectivity index (χ1) is 11.1. The molecule has 0 heterocycles. The van der Waals surface area contributed by atoms with Gasteiger partial charge in [-0.1, -0.05) is 67.2 Å². The molecule has 0 aliphatic heterocycles. The molecule has 0 unspecified atom stereocenters. The molecule has 4 heteroatoms. The summed E-state index contributed by atoms with van der Waals surface area (Å²) < 4.78 is 0. The molecule has 0 radical (unpaired) electrons. The first-order valence-electron chi connectivity index (χ1n) is 7.38. The van der Waals surface area contributed by atoms with E-state index in [0.29, 0.717) is 0 Å². The van der Waals surface area contributed by atoms with E-state index >= 15 is 0 Å². The van der Waals surface area contributed by atoms with Gasteiger partial charge in [-0.05, 0) is 17.2 Å². The monoisotopic (exact) mass is 308 g/mol. The molecule has 2 rings (SSSR count). The Morgan fingerprint density at radius 3 is 1.96 bits per heavy atom. The zero-order valence-corrected chi connectivity index (χ0v) is 13.1. The number of carbonyl (C=O) groups excluding carboxylic acids is 2. The molecule has 0 aromatic heterocycles. The molecular formula is C19H20N2O2. The highest BCUT2D eigenvalue weighted by molar-refractivity contribution is 5.90. The van der Waals surface area contributed by atoms with E-state index in [2.05, 4.69) is 11.9 Å². The van der Waals surface area contributed by atoms with Crippen LogP contribution in [-0.2, 0) is 9.59 Å². The molecule has 0 spiro atoms. The van der Waals surface area contributed by atoms with E-state index in [9.17, 15) is 9.59 Å². The second-order valence-electron chi connectivity index (χ2n) is 5.22. The van der Waals surface area contributed by atoms with Gasteiger partial charge in [0.1, 0.15) is 0 Å². The maximum atomic E-state index is 12.3. The highest BCUT2D eigenvalue weighted by Gasteiger charge is 2.18. The van der Waals surface area contributed by atoms with E-state index in [0.717, 1.165) is 11.1 Å². The fourth-order valence-corrected chi connectivity index (χ4v) is 2.31. The Labute approximate surface area is 136 Å². The van der Waals surface area contributed by atoms with Crippen LogP contribution in [0.2, 0.25) is 0 Å². The van der Waals surface area contributed by atoms with Crippen molar-refractivity contribution in [2.45, 2.75) is 6.04 Å². The molecule has 0 fully saturated rings. The fourth-order valence-electron chi connectivity index (χ4n) is 2.31. The van der Waals surface area contributed by atoms with Crippen LogP contribution in [0.1, 0.15) is 17.2 Å². The van der Waals surface area contributed by atoms with Crippen LogP contribution in [0.4, 0.5) is 0 Å². The number of likely N-dealkylation sites (N-methyl/N-ethyl adjacent to an activating group) is 1. The second-order valence-corrected chi connectivity index (χ2v) is 5.22. The number of carbonyl (C=O) groups is 2. The third-order valence-corrected chi connectivity index (χ3v) is 3.50. The third-order valence-electron chi connectivity index (χ3n) is 3.50. The topological polar surface area (TPSA) is 49.4 Å². The number of nitrogens with one attached hydrogen (secondary N) is 1. The van der Waals surface area contributed by atoms with Crippen molar-refractivity contribution in [2.75, 3.05) is 13.6 Å². The highest BCUT2D eigenvalue weighted by atomic mass is 16.2. The minimum absolute atomic E-state index is 0.0129. The van der Waals surface area contributed by atoms with E-state index in [-0.39, 0.29) is 24.4 Å². The van der Waals surface area contributed by atoms with E-state index in [1.54, 1.807) is 7.05 Å². The van der Waals surface area contributed by atoms with Crippen LogP contribution in [0, 0.1) is 0 Å². The standard InChI is InChI=1S/C19H20N2O2/c1-3-18(23)21(2)14-17(22)20-19(15-10-6-4-7-11-15)16-12-8-5-9-13-16/h3-13,19H,1,14H2,2H3,(H,20,22). The zero-order chi connectivity index (χ0) is 16.7. The van der Waals surface area contributed by atoms with Crippen LogP contribution in [0.25, 0.3) is 0 Å². The number of benzene rings is 2. The molecule has 0 bridgehead atoms. The van der Waals surface area contributed by atoms with Gasteiger partial charge in [0.25, 0.3) is 0 Å². The van der Waals surface area contributed by atoms with Crippen LogP contribution < -0.4 is 5.32 Å². The van der Waals surface area contributed by atoms with Crippen LogP contribution in [-0.4, -0.2) is 30.3 Å². The molecule has 0 aliphatic rings. The summed E-state index contributed by atoms with van der Waals surface area (Å²) in [5, 5.41) is 2.99. The van der Waals surface area contributed by atoms with Gasteiger partial charge >= 0.3 is 0 Å². The normalized spacial score (nSPS) is 10.2. The van der Waals surface area contributed by atoms with Crippen molar-refractivity contribution in [3.05, 3.63) is 84.4 Å². The minimum Gasteiger partial charge on any atom is -0.344 e. The molecule has 2 aromatic carbocycles. The maximum absolute atomic E-state index is 12.3. The summed E-state index contributed by atoms with van der Waals surface area (Å²) in [6.45, 7) is 3.41. The number of hydrogen-bond acceptors (Lipinski definition) is 2. The summed E-state index contributed by atoms with van der Waals surface area (Å²) >= 11 is 0. The Morgan fingerprint density at radius 2 is 1.52 bits per heavy atom. The lowest BCUT2D eigenvalue weighted by Crippen LogP contribution is -2.39. The van der Waals surface area contributed by atoms with Crippen LogP contribution >= 0.6 is 0 Å². The van der Waals surface area contributed by atoms with Gasteiger partial charge in [0.15, 0.2) is 0 Å². The summed E-state index contributed by atoms with van der Waals surface area (Å²) in [5.41, 5.74) is 1.98. The lowest BCUT2D eigenvalue weighted by atomic mass is 9.99. The number of hydrogen-bond donors (Lipinski definition) is 1. The van der Waals surface area contributed by atoms with Gasteiger partial charge in [-0.2, -0.15) is 0 Å². The third kappa shape index (κ3) is 4.54. The first kappa shape index (κ1) is 16.5. The fraction of sp³-hybridized carbons (Fsp3) is 0.158. The molecular weight excluding hydrogens is 288 g/mol. The molecule has 4 nitrogen and oxygen atoms in total. The molecule has 23 heavy (non-hydrogen) atoms. The quantitative estimate of drug-likeness (QED) is 0.834. The highest BCUT2D eigenvalue weighted by Crippen LogP contribution is 2.21. The molecule has 0 saturated carbocycles. The minimum atomic E-state index is -0.281. The smallest absolute Gasteiger partial charge is 0.246 e. The lowest BCUT2D eigenvalue weighted by Gasteiger charge is -2.22. The Morgan fingerprint density at radius 1 is 1.04 bits per heavy atom. The molecule has 118 valence electrons. The molecule has 2 amide bonds. The van der Waals surface area contributed by atoms with E-state index < -0.39 is 0 Å². The molecule has 2 aromatic rings. The van der Waals surface area contributed by atoms with Crippen LogP contribution in [0.5, 0.6) is 0 Å². The predicted octanol–water partition coefficient (Wildman–Crippen LogP) is 2.54. The Kier molecular flexibility index (Phi) is 5.69. The number of rotatable bonds is 6. The van der Waals surface area contributed by atoms with Crippen molar-refractivity contribution in [3.8, 4) is 0 Å². The predicted molar refractivity (Wildman–Crippen MR) is 90.7 cm³/mol. The average Bonchev–Trinajstić information content (AvgIpc) is 2.60. The first-order valence-corrected chi connectivity index (χ1v) is 7.38. The van der Waals surface area contributed by atoms with Gasteiger partial charge in [-0.15, -0.1) is 0 Å². The summed E-state index contributed by atoms with van der Waals surface area (Å²) in [6.07, 6.45) is 1.19. The van der Waals surface area contributed by atoms with Crippen molar-refractivity contribution in [3.63, 3.8) is 0 Å². The lowest BCUT2D eigenvalue weighted by molar-refractivity contribution is -0.131. The summed E-state index contributed by atoms with van der Waals surface area (Å²) in [5.74, 6) is -0.503. The summed E-state index contributed by atoms with van der Waals surface area (Å²) in [6, 6.07) is 19.2. The van der Waals surface area contributed by atoms with Gasteiger partial charge in [-0.3, -0.25) is 9.59 Å². The van der Waals surface area contributed by atoms with Crippen molar-refractivity contribution >= 4 is 11.8 Å². The Balaban J connectivity index is 2.17. The van der Waals surface area contributed by atoms with Gasteiger partial charge in [-0.25, -0.2) is 0 Å². The molecule has 0 atom stereocenters. The van der Waals surface area contributed by atoms with E-state index in [4.69, 9.17) is 0 Å². The molecule has 0 saturated heterocycles. The Hall–Kier alpha value is -2.88. The summed E-state index contributed by atoms with van der Waals surface area (Å²) in [7, 11) is 1.57. The molecule has 0 aliphatic carbocycles. The second kappa shape index (κ2) is 7.94. The van der Waals surface area contributed by atoms with Gasteiger partial charge in [0.05, 0.1) is 12.6 Å². The number of amides is 2. The number of nitrogens with zero attached hydrogens (tertiary/aromatic N) is 1. The SMILES string of the molecule is C=CC(=O)N(C)CC(=O)NC(c1ccccc1)c1ccccc1. The maximum Gasteiger partial charge on any atom is 0.246 e. The average molecular weight is 308 g/mol. The van der Waals surface area contributed by atoms with Gasteiger partial charge in [0, 0.05) is 7.05 Å². The van der Waals surface area contributed by atoms with Crippen LogP contribution in [0.3, 0.4) is 0 Å². The van der Waals surface area contributed by atoms with Crippen molar-refractivity contribution in [1.82, 2.24) is 10.2 Å². The van der Waals surface area contributed by atoms with Gasteiger partial charge < -0.3 is 10.2 Å². The van der Waals surface area contributed by atoms with E-state index in [1.807, 2.05) is 60.7 Å². The largest absolute Gasteiger partial charge is 0.344 e. The zero-order valence-electron chi connectivity index (χ0n) is 13.1. The Bertz CT molecular complexity index is 629. The van der Waals surface area contributed by atoms with Crippen LogP contribution in [0.15, 0.2) is 73.3 Å². The van der Waals surface area contributed by atoms with Crippen molar-refractivity contribution < 1.29 is 9.59 Å².